The average Bonchev–Trinajstić information content (AvgIpc) is 3.26. The summed E-state index contributed by atoms with van der Waals surface area (Å²) in [6.07, 6.45) is 0. The molecule has 0 atom stereocenters. The molecule has 0 fully saturated rings. The molecule has 0 radical (unpaired) electrons. The van der Waals surface area contributed by atoms with Crippen molar-refractivity contribution in [2.75, 3.05) is 18.4 Å². The minimum absolute atomic E-state index is 0.191. The third kappa shape index (κ3) is 6.99. The van der Waals surface area contributed by atoms with Gasteiger partial charge in [-0.1, -0.05) is 65.8 Å². The highest BCUT2D eigenvalue weighted by Gasteiger charge is 2.26. The molecular formula is C27H35N3O3S2. The third-order valence-electron chi connectivity index (χ3n) is 5.49. The van der Waals surface area contributed by atoms with Crippen LogP contribution in [0, 0.1) is 11.8 Å². The van der Waals surface area contributed by atoms with Crippen LogP contribution >= 0.6 is 11.3 Å². The summed E-state index contributed by atoms with van der Waals surface area (Å²) in [7, 11) is -3.64. The molecule has 8 heteroatoms. The van der Waals surface area contributed by atoms with Gasteiger partial charge in [0.25, 0.3) is 5.91 Å². The first-order valence-corrected chi connectivity index (χ1v) is 14.3. The van der Waals surface area contributed by atoms with Crippen LogP contribution in [0.15, 0.2) is 58.8 Å². The molecular weight excluding hydrogens is 478 g/mol. The van der Waals surface area contributed by atoms with Gasteiger partial charge >= 0.3 is 0 Å². The largest absolute Gasteiger partial charge is 0.298 e. The number of anilines is 1. The van der Waals surface area contributed by atoms with Crippen molar-refractivity contribution >= 4 is 32.4 Å². The van der Waals surface area contributed by atoms with E-state index in [4.69, 9.17) is 0 Å². The van der Waals surface area contributed by atoms with Gasteiger partial charge in [0.05, 0.1) is 10.6 Å². The van der Waals surface area contributed by atoms with Crippen molar-refractivity contribution in [2.24, 2.45) is 11.8 Å². The third-order valence-corrected chi connectivity index (χ3v) is 8.09. The topological polar surface area (TPSA) is 79.4 Å². The zero-order valence-electron chi connectivity index (χ0n) is 21.3. The van der Waals surface area contributed by atoms with Crippen LogP contribution in [0.25, 0.3) is 11.3 Å². The van der Waals surface area contributed by atoms with Crippen LogP contribution in [0.4, 0.5) is 5.13 Å². The molecule has 0 aliphatic rings. The second-order valence-corrected chi connectivity index (χ2v) is 12.7. The van der Waals surface area contributed by atoms with E-state index in [0.717, 1.165) is 11.3 Å². The molecule has 2 aromatic carbocycles. The Morgan fingerprint density at radius 1 is 0.914 bits per heavy atom. The Labute approximate surface area is 213 Å². The number of thiazole rings is 1. The van der Waals surface area contributed by atoms with Crippen LogP contribution in [0.2, 0.25) is 0 Å². The van der Waals surface area contributed by atoms with Crippen LogP contribution in [0.1, 0.15) is 63.4 Å². The Morgan fingerprint density at radius 3 is 2.00 bits per heavy atom. The fourth-order valence-electron chi connectivity index (χ4n) is 3.68. The summed E-state index contributed by atoms with van der Waals surface area (Å²) >= 11 is 1.35. The minimum Gasteiger partial charge on any atom is -0.298 e. The smallest absolute Gasteiger partial charge is 0.257 e. The molecule has 3 aromatic rings. The van der Waals surface area contributed by atoms with Crippen molar-refractivity contribution in [3.8, 4) is 11.3 Å². The van der Waals surface area contributed by atoms with E-state index in [1.807, 2.05) is 45.2 Å². The van der Waals surface area contributed by atoms with Crippen molar-refractivity contribution in [1.29, 1.82) is 0 Å². The summed E-state index contributed by atoms with van der Waals surface area (Å²) in [5.41, 5.74) is 3.44. The number of carbonyl (C=O) groups excluding carboxylic acids is 1. The van der Waals surface area contributed by atoms with E-state index in [2.05, 4.69) is 36.3 Å². The van der Waals surface area contributed by atoms with E-state index in [-0.39, 0.29) is 22.6 Å². The number of hydrogen-bond acceptors (Lipinski definition) is 5. The van der Waals surface area contributed by atoms with Gasteiger partial charge in [-0.05, 0) is 47.6 Å². The minimum atomic E-state index is -3.64. The Morgan fingerprint density at radius 2 is 1.49 bits per heavy atom. The molecule has 0 aliphatic heterocycles. The monoisotopic (exact) mass is 513 g/mol. The number of hydrogen-bond donors (Lipinski definition) is 1. The number of rotatable bonds is 10. The maximum absolute atomic E-state index is 13.2. The van der Waals surface area contributed by atoms with Crippen LogP contribution in [0.5, 0.6) is 0 Å². The van der Waals surface area contributed by atoms with E-state index < -0.39 is 10.0 Å². The van der Waals surface area contributed by atoms with Gasteiger partial charge in [-0.2, -0.15) is 4.31 Å². The highest BCUT2D eigenvalue weighted by atomic mass is 32.2. The fourth-order valence-corrected chi connectivity index (χ4v) is 6.17. The van der Waals surface area contributed by atoms with Gasteiger partial charge in [-0.3, -0.25) is 10.1 Å². The van der Waals surface area contributed by atoms with Gasteiger partial charge in [0.15, 0.2) is 5.13 Å². The van der Waals surface area contributed by atoms with E-state index in [1.54, 1.807) is 12.1 Å². The Hall–Kier alpha value is -2.55. The molecule has 0 aliphatic carbocycles. The number of nitrogens with zero attached hydrogens (tertiary/aromatic N) is 2. The molecule has 188 valence electrons. The van der Waals surface area contributed by atoms with E-state index >= 15 is 0 Å². The summed E-state index contributed by atoms with van der Waals surface area (Å²) in [5.74, 6) is 0.560. The lowest BCUT2D eigenvalue weighted by molar-refractivity contribution is 0.102. The van der Waals surface area contributed by atoms with Gasteiger partial charge in [-0.25, -0.2) is 13.4 Å². The molecule has 0 bridgehead atoms. The van der Waals surface area contributed by atoms with Gasteiger partial charge in [0.1, 0.15) is 0 Å². The number of nitrogens with one attached hydrogen (secondary N) is 1. The number of amides is 1. The summed E-state index contributed by atoms with van der Waals surface area (Å²) in [6.45, 7) is 13.2. The van der Waals surface area contributed by atoms with Crippen molar-refractivity contribution in [2.45, 2.75) is 52.4 Å². The van der Waals surface area contributed by atoms with E-state index in [9.17, 15) is 13.2 Å². The van der Waals surface area contributed by atoms with E-state index in [0.29, 0.717) is 29.7 Å². The fraction of sp³-hybridized carbons (Fsp3) is 0.407. The van der Waals surface area contributed by atoms with Crippen molar-refractivity contribution in [3.63, 3.8) is 0 Å². The molecule has 1 heterocycles. The lowest BCUT2D eigenvalue weighted by Crippen LogP contribution is -2.37. The number of carbonyl (C=O) groups is 1. The second-order valence-electron chi connectivity index (χ2n) is 9.90. The summed E-state index contributed by atoms with van der Waals surface area (Å²) < 4.78 is 27.9. The van der Waals surface area contributed by atoms with Gasteiger partial charge in [0.2, 0.25) is 10.0 Å². The number of aromatic nitrogens is 1. The second kappa shape index (κ2) is 11.5. The van der Waals surface area contributed by atoms with Gasteiger partial charge < -0.3 is 0 Å². The molecule has 6 nitrogen and oxygen atoms in total. The summed E-state index contributed by atoms with van der Waals surface area (Å²) in [4.78, 5) is 17.5. The molecule has 1 N–H and O–H groups in total. The van der Waals surface area contributed by atoms with Crippen molar-refractivity contribution in [3.05, 3.63) is 65.0 Å². The zero-order valence-corrected chi connectivity index (χ0v) is 22.9. The molecule has 1 aromatic heterocycles. The van der Waals surface area contributed by atoms with Crippen LogP contribution < -0.4 is 5.32 Å². The quantitative estimate of drug-likeness (QED) is 0.336. The Balaban J connectivity index is 1.71. The van der Waals surface area contributed by atoms with Crippen LogP contribution in [0.3, 0.4) is 0 Å². The number of benzene rings is 2. The molecule has 35 heavy (non-hydrogen) atoms. The highest BCUT2D eigenvalue weighted by Crippen LogP contribution is 2.27. The van der Waals surface area contributed by atoms with Crippen molar-refractivity contribution < 1.29 is 13.2 Å². The van der Waals surface area contributed by atoms with Crippen molar-refractivity contribution in [1.82, 2.24) is 9.29 Å². The lowest BCUT2D eigenvalue weighted by Gasteiger charge is -2.25. The van der Waals surface area contributed by atoms with E-state index in [1.165, 1.54) is 33.3 Å². The Bertz CT molecular complexity index is 1220. The first-order valence-electron chi connectivity index (χ1n) is 11.9. The molecule has 1 amide bonds. The maximum Gasteiger partial charge on any atom is 0.257 e. The average molecular weight is 514 g/mol. The first-order chi connectivity index (χ1) is 16.5. The van der Waals surface area contributed by atoms with Crippen LogP contribution in [-0.2, 0) is 10.0 Å². The molecule has 0 saturated carbocycles. The SMILES string of the molecule is CC(C)CN(CC(C)C)S(=O)(=O)c1ccc(C(=O)Nc2nc(-c3ccc(C(C)C)cc3)cs2)cc1. The highest BCUT2D eigenvalue weighted by molar-refractivity contribution is 7.89. The molecule has 0 saturated heterocycles. The predicted octanol–water partition coefficient (Wildman–Crippen LogP) is 6.49. The lowest BCUT2D eigenvalue weighted by atomic mass is 10.0. The molecule has 3 rings (SSSR count). The van der Waals surface area contributed by atoms with Crippen LogP contribution in [-0.4, -0.2) is 36.7 Å². The maximum atomic E-state index is 13.2. The number of sulfonamides is 1. The molecule has 0 spiro atoms. The van der Waals surface area contributed by atoms with Gasteiger partial charge in [-0.15, -0.1) is 11.3 Å². The normalized spacial score (nSPS) is 12.2. The summed E-state index contributed by atoms with van der Waals surface area (Å²) in [6, 6.07) is 14.4. The summed E-state index contributed by atoms with van der Waals surface area (Å²) in [5, 5.41) is 5.23. The first kappa shape index (κ1) is 27.0. The predicted molar refractivity (Wildman–Crippen MR) is 144 cm³/mol. The molecule has 0 unspecified atom stereocenters. The zero-order chi connectivity index (χ0) is 25.8. The van der Waals surface area contributed by atoms with Gasteiger partial charge in [0, 0.05) is 29.6 Å². The Kier molecular flexibility index (Phi) is 8.85. The standard InChI is InChI=1S/C27H35N3O3S2/c1-18(2)15-30(16-19(3)4)35(32,33)24-13-11-23(12-14-24)26(31)29-27-28-25(17-34-27)22-9-7-21(8-10-22)20(5)6/h7-14,17-20H,15-16H2,1-6H3,(H,28,29,31).